The molecule has 0 spiro atoms. The fraction of sp³-hybridized carbons (Fsp3) is 0.259. The molecule has 2 N–H and O–H groups in total. The van der Waals surface area contributed by atoms with Gasteiger partial charge >= 0.3 is 6.18 Å². The minimum Gasteiger partial charge on any atom is -0.495 e. The predicted octanol–water partition coefficient (Wildman–Crippen LogP) is 4.75. The molecule has 41 heavy (non-hydrogen) atoms. The van der Waals surface area contributed by atoms with Crippen molar-refractivity contribution >= 4 is 39.7 Å². The molecule has 0 radical (unpaired) electrons. The second kappa shape index (κ2) is 10.9. The predicted molar refractivity (Wildman–Crippen MR) is 146 cm³/mol. The molecule has 2 aromatic carbocycles. The first-order valence-electron chi connectivity index (χ1n) is 12.5. The van der Waals surface area contributed by atoms with Crippen LogP contribution in [0.4, 0.5) is 18.9 Å². The third kappa shape index (κ3) is 5.63. The average Bonchev–Trinajstić information content (AvgIpc) is 3.56. The largest absolute Gasteiger partial charge is 0.495 e. The van der Waals surface area contributed by atoms with E-state index in [1.54, 1.807) is 23.7 Å². The molecule has 0 bridgehead atoms. The van der Waals surface area contributed by atoms with Crippen LogP contribution in [0.3, 0.4) is 0 Å². The van der Waals surface area contributed by atoms with Crippen LogP contribution in [0, 0.1) is 0 Å². The molecule has 0 fully saturated rings. The number of aliphatic hydroxyl groups is 1. The lowest BCUT2D eigenvalue weighted by Crippen LogP contribution is -2.47. The summed E-state index contributed by atoms with van der Waals surface area (Å²) in [6, 6.07) is 9.07. The molecule has 2 atom stereocenters. The van der Waals surface area contributed by atoms with Crippen molar-refractivity contribution < 1.29 is 27.8 Å². The number of alkyl halides is 3. The average molecular weight is 588 g/mol. The standard InChI is InChI=1S/C27H25ClF3N7O3/c1-4-21(26(40)32-17-6-7-20-15(9-17)12-36(2)34-20)37-13-23(41-3)19(11-25(37)39)18-10-16(28)5-8-22(18)38-14-24(33-35-38)27(29,30)31/h5-14,21,25,39H,4H2,1-3H3,(H,32,40). The van der Waals surface area contributed by atoms with Gasteiger partial charge in [-0.3, -0.25) is 9.48 Å². The van der Waals surface area contributed by atoms with Crippen molar-refractivity contribution in [3.8, 4) is 5.69 Å². The van der Waals surface area contributed by atoms with Gasteiger partial charge in [0.15, 0.2) is 5.69 Å². The van der Waals surface area contributed by atoms with Crippen LogP contribution in [-0.4, -0.2) is 60.1 Å². The highest BCUT2D eigenvalue weighted by Crippen LogP contribution is 2.36. The van der Waals surface area contributed by atoms with Gasteiger partial charge in [-0.05, 0) is 48.9 Å². The molecule has 214 valence electrons. The normalized spacial score (nSPS) is 16.4. The van der Waals surface area contributed by atoms with E-state index >= 15 is 0 Å². The summed E-state index contributed by atoms with van der Waals surface area (Å²) in [6.45, 7) is 1.80. The van der Waals surface area contributed by atoms with Crippen LogP contribution in [0.2, 0.25) is 5.02 Å². The summed E-state index contributed by atoms with van der Waals surface area (Å²) in [6.07, 6.45) is -0.0924. The van der Waals surface area contributed by atoms with Crippen LogP contribution in [0.5, 0.6) is 0 Å². The molecule has 14 heteroatoms. The number of fused-ring (bicyclic) bond motifs is 1. The number of hydrogen-bond donors (Lipinski definition) is 2. The SMILES string of the molecule is CCC(C(=O)Nc1ccc2nn(C)cc2c1)N1C=C(OC)C(c2cc(Cl)ccc2-n2cc(C(F)(F)F)nn2)=CC1O. The van der Waals surface area contributed by atoms with Crippen molar-refractivity contribution in [2.75, 3.05) is 12.4 Å². The molecule has 3 heterocycles. The van der Waals surface area contributed by atoms with Gasteiger partial charge in [0.1, 0.15) is 18.0 Å². The molecule has 5 rings (SSSR count). The fourth-order valence-electron chi connectivity index (χ4n) is 4.68. The molecule has 2 aromatic heterocycles. The Morgan fingerprint density at radius 1 is 1.22 bits per heavy atom. The first kappa shape index (κ1) is 28.2. The monoisotopic (exact) mass is 587 g/mol. The number of allylic oxidation sites excluding steroid dienone is 1. The van der Waals surface area contributed by atoms with E-state index in [1.807, 2.05) is 19.3 Å². The number of aliphatic hydroxyl groups excluding tert-OH is 1. The summed E-state index contributed by atoms with van der Waals surface area (Å²) < 4.78 is 47.8. The van der Waals surface area contributed by atoms with Gasteiger partial charge in [0.05, 0.1) is 24.5 Å². The zero-order valence-corrected chi connectivity index (χ0v) is 22.9. The second-order valence-corrected chi connectivity index (χ2v) is 9.77. The van der Waals surface area contributed by atoms with E-state index in [9.17, 15) is 23.1 Å². The number of hydrogen-bond acceptors (Lipinski definition) is 7. The molecule has 1 aliphatic rings. The topological polar surface area (TPSA) is 110 Å². The number of nitrogens with zero attached hydrogens (tertiary/aromatic N) is 6. The Labute approximate surface area is 237 Å². The number of carbonyl (C=O) groups is 1. The van der Waals surface area contributed by atoms with E-state index in [1.165, 1.54) is 42.5 Å². The summed E-state index contributed by atoms with van der Waals surface area (Å²) in [4.78, 5) is 14.8. The maximum absolute atomic E-state index is 13.3. The molecular weight excluding hydrogens is 563 g/mol. The van der Waals surface area contributed by atoms with Crippen LogP contribution >= 0.6 is 11.6 Å². The third-order valence-corrected chi connectivity index (χ3v) is 6.82. The van der Waals surface area contributed by atoms with Crippen LogP contribution < -0.4 is 5.32 Å². The summed E-state index contributed by atoms with van der Waals surface area (Å²) >= 11 is 6.24. The highest BCUT2D eigenvalue weighted by Gasteiger charge is 2.35. The Hall–Kier alpha value is -4.36. The first-order chi connectivity index (χ1) is 19.5. The van der Waals surface area contributed by atoms with Crippen LogP contribution in [-0.2, 0) is 22.8 Å². The summed E-state index contributed by atoms with van der Waals surface area (Å²) in [5.74, 6) is -0.109. The van der Waals surface area contributed by atoms with Crippen molar-refractivity contribution in [1.82, 2.24) is 29.7 Å². The van der Waals surface area contributed by atoms with Crippen LogP contribution in [0.1, 0.15) is 24.6 Å². The summed E-state index contributed by atoms with van der Waals surface area (Å²) in [7, 11) is 3.21. The van der Waals surface area contributed by atoms with Crippen molar-refractivity contribution in [3.63, 3.8) is 0 Å². The van der Waals surface area contributed by atoms with Gasteiger partial charge in [0, 0.05) is 46.7 Å². The molecule has 2 unspecified atom stereocenters. The zero-order valence-electron chi connectivity index (χ0n) is 22.1. The molecule has 4 aromatic rings. The number of anilines is 1. The van der Waals surface area contributed by atoms with E-state index < -0.39 is 24.1 Å². The van der Waals surface area contributed by atoms with Gasteiger partial charge in [-0.15, -0.1) is 5.10 Å². The van der Waals surface area contributed by atoms with E-state index in [0.717, 1.165) is 21.8 Å². The number of aromatic nitrogens is 5. The number of nitrogens with one attached hydrogen (secondary N) is 1. The van der Waals surface area contributed by atoms with Gasteiger partial charge in [-0.1, -0.05) is 23.7 Å². The summed E-state index contributed by atoms with van der Waals surface area (Å²) in [5, 5.41) is 26.4. The molecular formula is C27H25ClF3N7O3. The number of amides is 1. The smallest absolute Gasteiger partial charge is 0.436 e. The quantitative estimate of drug-likeness (QED) is 0.321. The molecule has 0 aliphatic carbocycles. The van der Waals surface area contributed by atoms with Crippen LogP contribution in [0.25, 0.3) is 22.2 Å². The Morgan fingerprint density at radius 2 is 2.00 bits per heavy atom. The maximum Gasteiger partial charge on any atom is 0.436 e. The highest BCUT2D eigenvalue weighted by atomic mass is 35.5. The van der Waals surface area contributed by atoms with Crippen molar-refractivity contribution in [2.24, 2.45) is 7.05 Å². The van der Waals surface area contributed by atoms with E-state index in [4.69, 9.17) is 16.3 Å². The van der Waals surface area contributed by atoms with Gasteiger partial charge < -0.3 is 20.1 Å². The number of ether oxygens (including phenoxy) is 1. The zero-order chi connectivity index (χ0) is 29.5. The van der Waals surface area contributed by atoms with Crippen molar-refractivity contribution in [2.45, 2.75) is 31.8 Å². The second-order valence-electron chi connectivity index (χ2n) is 9.34. The van der Waals surface area contributed by atoms with Gasteiger partial charge in [0.25, 0.3) is 0 Å². The number of aryl methyl sites for hydroxylation is 1. The van der Waals surface area contributed by atoms with Crippen molar-refractivity contribution in [1.29, 1.82) is 0 Å². The van der Waals surface area contributed by atoms with E-state index in [0.29, 0.717) is 28.3 Å². The lowest BCUT2D eigenvalue weighted by atomic mass is 9.98. The molecule has 0 saturated heterocycles. The number of carbonyl (C=O) groups excluding carboxylic acids is 1. The Bertz CT molecular complexity index is 1680. The van der Waals surface area contributed by atoms with E-state index in [-0.39, 0.29) is 17.4 Å². The van der Waals surface area contributed by atoms with Gasteiger partial charge in [-0.25, -0.2) is 4.68 Å². The fourth-order valence-corrected chi connectivity index (χ4v) is 4.85. The number of benzene rings is 2. The van der Waals surface area contributed by atoms with Crippen LogP contribution in [0.15, 0.2) is 66.8 Å². The van der Waals surface area contributed by atoms with Gasteiger partial charge in [-0.2, -0.15) is 18.3 Å². The maximum atomic E-state index is 13.3. The third-order valence-electron chi connectivity index (χ3n) is 6.59. The minimum absolute atomic E-state index is 0.225. The first-order valence-corrected chi connectivity index (χ1v) is 12.8. The van der Waals surface area contributed by atoms with E-state index in [2.05, 4.69) is 20.7 Å². The Morgan fingerprint density at radius 3 is 2.68 bits per heavy atom. The molecule has 1 amide bonds. The number of methoxy groups -OCH3 is 1. The lowest BCUT2D eigenvalue weighted by Gasteiger charge is -2.36. The lowest BCUT2D eigenvalue weighted by molar-refractivity contribution is -0.141. The van der Waals surface area contributed by atoms with Gasteiger partial charge in [0.2, 0.25) is 5.91 Å². The Balaban J connectivity index is 1.45. The van der Waals surface area contributed by atoms with Crippen molar-refractivity contribution in [3.05, 3.63) is 83.1 Å². The molecule has 1 aliphatic heterocycles. The highest BCUT2D eigenvalue weighted by molar-refractivity contribution is 6.30. The Kier molecular flexibility index (Phi) is 7.49. The summed E-state index contributed by atoms with van der Waals surface area (Å²) in [5.41, 5.74) is 1.10. The number of rotatable bonds is 7. The minimum atomic E-state index is -4.68. The molecule has 0 saturated carbocycles. The number of halogens is 4. The molecule has 10 nitrogen and oxygen atoms in total.